The van der Waals surface area contributed by atoms with E-state index in [2.05, 4.69) is 19.8 Å². The van der Waals surface area contributed by atoms with Gasteiger partial charge in [-0.25, -0.2) is 9.59 Å². The number of aliphatic carboxylic acids is 1. The summed E-state index contributed by atoms with van der Waals surface area (Å²) in [6.45, 7) is 5.08. The molecule has 10 heteroatoms. The van der Waals surface area contributed by atoms with Gasteiger partial charge in [0.15, 0.2) is 0 Å². The molecule has 0 radical (unpaired) electrons. The van der Waals surface area contributed by atoms with Crippen LogP contribution in [0.5, 0.6) is 0 Å². The van der Waals surface area contributed by atoms with Crippen LogP contribution < -0.4 is 5.32 Å². The van der Waals surface area contributed by atoms with Gasteiger partial charge in [0.25, 0.3) is 0 Å². The van der Waals surface area contributed by atoms with Crippen molar-refractivity contribution in [2.24, 2.45) is 5.16 Å². The van der Waals surface area contributed by atoms with E-state index in [1.807, 2.05) is 0 Å². The summed E-state index contributed by atoms with van der Waals surface area (Å²) in [5.41, 5.74) is -1.38. The molecule has 0 saturated heterocycles. The number of nitrogens with zero attached hydrogens (tertiary/aromatic N) is 3. The number of carbonyl (C=O) groups excluding carboxylic acids is 1. The normalized spacial score (nSPS) is 12.1. The number of anilines is 1. The van der Waals surface area contributed by atoms with E-state index >= 15 is 0 Å². The minimum absolute atomic E-state index is 0.0339. The molecule has 0 aliphatic carbocycles. The number of hydrogen-bond donors (Lipinski definition) is 3. The van der Waals surface area contributed by atoms with E-state index in [1.54, 1.807) is 20.8 Å². The molecule has 3 N–H and O–H groups in total. The van der Waals surface area contributed by atoms with E-state index < -0.39 is 23.4 Å². The van der Waals surface area contributed by atoms with Crippen molar-refractivity contribution < 1.29 is 24.6 Å². The summed E-state index contributed by atoms with van der Waals surface area (Å²) in [5.74, 6) is -1.78. The second-order valence-corrected chi connectivity index (χ2v) is 5.06. The lowest BCUT2D eigenvalue weighted by atomic mass is 10.2. The van der Waals surface area contributed by atoms with Crippen LogP contribution in [0.4, 0.5) is 9.93 Å². The highest BCUT2D eigenvalue weighted by Gasteiger charge is 2.21. The summed E-state index contributed by atoms with van der Waals surface area (Å²) in [6.07, 6.45) is -0.743. The third-order valence-corrected chi connectivity index (χ3v) is 2.18. The van der Waals surface area contributed by atoms with Crippen molar-refractivity contribution in [2.45, 2.75) is 26.4 Å². The van der Waals surface area contributed by atoms with Gasteiger partial charge >= 0.3 is 12.1 Å². The van der Waals surface area contributed by atoms with Gasteiger partial charge in [0.2, 0.25) is 16.7 Å². The first-order chi connectivity index (χ1) is 8.73. The van der Waals surface area contributed by atoms with Gasteiger partial charge in [-0.3, -0.25) is 5.32 Å². The number of nitrogens with one attached hydrogen (secondary N) is 1. The molecule has 0 unspecified atom stereocenters. The fourth-order valence-electron chi connectivity index (χ4n) is 0.944. The van der Waals surface area contributed by atoms with Gasteiger partial charge in [0.1, 0.15) is 5.60 Å². The minimum atomic E-state index is -1.48. The maximum absolute atomic E-state index is 11.4. The first-order valence-corrected chi connectivity index (χ1v) is 5.79. The van der Waals surface area contributed by atoms with Crippen molar-refractivity contribution >= 4 is 34.4 Å². The van der Waals surface area contributed by atoms with E-state index in [0.717, 1.165) is 11.5 Å². The summed E-state index contributed by atoms with van der Waals surface area (Å²) in [7, 11) is 0. The number of aromatic nitrogens is 2. The Kier molecular flexibility index (Phi) is 4.38. The van der Waals surface area contributed by atoms with E-state index in [0.29, 0.717) is 0 Å². The Morgan fingerprint density at radius 3 is 2.53 bits per heavy atom. The van der Waals surface area contributed by atoms with Gasteiger partial charge in [-0.15, -0.1) is 0 Å². The molecule has 104 valence electrons. The van der Waals surface area contributed by atoms with Crippen molar-refractivity contribution in [1.29, 1.82) is 0 Å². The first-order valence-electron chi connectivity index (χ1n) is 5.02. The number of ether oxygens (including phenoxy) is 1. The van der Waals surface area contributed by atoms with E-state index in [-0.39, 0.29) is 11.0 Å². The molecule has 1 aromatic rings. The Hall–Kier alpha value is -2.23. The number of carboxylic acids is 1. The Morgan fingerprint density at radius 2 is 2.05 bits per heavy atom. The van der Waals surface area contributed by atoms with Crippen molar-refractivity contribution in [3.8, 4) is 0 Å². The third kappa shape index (κ3) is 4.50. The lowest BCUT2D eigenvalue weighted by molar-refractivity contribution is -0.129. The van der Waals surface area contributed by atoms with Gasteiger partial charge < -0.3 is 15.1 Å². The molecule has 0 aliphatic rings. The summed E-state index contributed by atoms with van der Waals surface area (Å²) in [4.78, 5) is 25.8. The van der Waals surface area contributed by atoms with Crippen LogP contribution >= 0.6 is 11.5 Å². The smallest absolute Gasteiger partial charge is 0.414 e. The number of carbonyl (C=O) groups is 2. The van der Waals surface area contributed by atoms with Crippen LogP contribution in [0.15, 0.2) is 5.16 Å². The topological polar surface area (TPSA) is 134 Å². The zero-order valence-corrected chi connectivity index (χ0v) is 11.2. The third-order valence-electron chi connectivity index (χ3n) is 1.55. The van der Waals surface area contributed by atoms with Crippen molar-refractivity contribution in [3.63, 3.8) is 0 Å². The van der Waals surface area contributed by atoms with Crippen LogP contribution in [0.3, 0.4) is 0 Å². The quantitative estimate of drug-likeness (QED) is 0.431. The Morgan fingerprint density at radius 1 is 1.42 bits per heavy atom. The molecule has 0 aliphatic heterocycles. The fourth-order valence-corrected chi connectivity index (χ4v) is 1.50. The van der Waals surface area contributed by atoms with Gasteiger partial charge in [0, 0.05) is 11.5 Å². The van der Waals surface area contributed by atoms with E-state index in [1.165, 1.54) is 0 Å². The van der Waals surface area contributed by atoms with E-state index in [9.17, 15) is 9.59 Å². The number of hydrogen-bond acceptors (Lipinski definition) is 8. The SMILES string of the molecule is CC(C)(C)OC(=O)Nc1nc(/C(=N/O)C(=O)O)ns1. The predicted molar refractivity (Wildman–Crippen MR) is 65.7 cm³/mol. The summed E-state index contributed by atoms with van der Waals surface area (Å²) in [5, 5.41) is 22.1. The molecule has 0 saturated carbocycles. The molecule has 9 nitrogen and oxygen atoms in total. The van der Waals surface area contributed by atoms with Gasteiger partial charge in [-0.1, -0.05) is 5.16 Å². The number of rotatable bonds is 3. The highest BCUT2D eigenvalue weighted by atomic mass is 32.1. The second-order valence-electron chi connectivity index (χ2n) is 4.30. The van der Waals surface area contributed by atoms with Crippen LogP contribution in [0.1, 0.15) is 26.6 Å². The van der Waals surface area contributed by atoms with E-state index in [4.69, 9.17) is 15.1 Å². The van der Waals surface area contributed by atoms with Crippen molar-refractivity contribution in [3.05, 3.63) is 5.82 Å². The molecule has 19 heavy (non-hydrogen) atoms. The maximum Gasteiger partial charge on any atom is 0.414 e. The Bertz CT molecular complexity index is 519. The average molecular weight is 288 g/mol. The summed E-state index contributed by atoms with van der Waals surface area (Å²) < 4.78 is 8.62. The molecular formula is C9H12N4O5S. The zero-order valence-electron chi connectivity index (χ0n) is 10.4. The molecule has 1 rings (SSSR count). The van der Waals surface area contributed by atoms with Crippen molar-refractivity contribution in [2.75, 3.05) is 5.32 Å². The summed E-state index contributed by atoms with van der Waals surface area (Å²) >= 11 is 0.737. The average Bonchev–Trinajstić information content (AvgIpc) is 2.63. The molecule has 0 atom stereocenters. The highest BCUT2D eigenvalue weighted by Crippen LogP contribution is 2.14. The molecule has 1 aromatic heterocycles. The molecular weight excluding hydrogens is 276 g/mol. The van der Waals surface area contributed by atoms with Crippen LogP contribution in [-0.4, -0.2) is 43.0 Å². The molecule has 0 spiro atoms. The van der Waals surface area contributed by atoms with Gasteiger partial charge in [0.05, 0.1) is 0 Å². The van der Waals surface area contributed by atoms with Gasteiger partial charge in [-0.2, -0.15) is 9.36 Å². The highest BCUT2D eigenvalue weighted by molar-refractivity contribution is 7.10. The number of carboxylic acid groups (broad SMARTS) is 1. The lowest BCUT2D eigenvalue weighted by Crippen LogP contribution is -2.27. The predicted octanol–water partition coefficient (Wildman–Crippen LogP) is 1.15. The fraction of sp³-hybridized carbons (Fsp3) is 0.444. The lowest BCUT2D eigenvalue weighted by Gasteiger charge is -2.18. The molecule has 0 fully saturated rings. The first kappa shape index (κ1) is 14.8. The maximum atomic E-state index is 11.4. The monoisotopic (exact) mass is 288 g/mol. The largest absolute Gasteiger partial charge is 0.476 e. The van der Waals surface area contributed by atoms with Crippen molar-refractivity contribution in [1.82, 2.24) is 9.36 Å². The van der Waals surface area contributed by atoms with Crippen LogP contribution in [-0.2, 0) is 9.53 Å². The molecule has 0 aromatic carbocycles. The van der Waals surface area contributed by atoms with Crippen LogP contribution in [0.25, 0.3) is 0 Å². The standard InChI is InChI=1S/C9H12N4O5S/c1-9(2,3)18-8(16)11-7-10-5(13-19-7)4(12-17)6(14)15/h17H,1-3H3,(H,14,15)(H,10,11,13,16)/b12-4-. The zero-order chi connectivity index (χ0) is 14.6. The minimum Gasteiger partial charge on any atom is -0.476 e. The molecule has 1 heterocycles. The Balaban J connectivity index is 2.76. The summed E-state index contributed by atoms with van der Waals surface area (Å²) in [6, 6.07) is 0. The molecule has 1 amide bonds. The second kappa shape index (κ2) is 5.61. The molecule has 0 bridgehead atoms. The Labute approximate surface area is 112 Å². The number of oxime groups is 1. The van der Waals surface area contributed by atoms with Crippen LogP contribution in [0, 0.1) is 0 Å². The van der Waals surface area contributed by atoms with Gasteiger partial charge in [-0.05, 0) is 20.8 Å². The van der Waals surface area contributed by atoms with Crippen LogP contribution in [0.2, 0.25) is 0 Å². The number of amides is 1.